The fourth-order valence-corrected chi connectivity index (χ4v) is 1.79. The van der Waals surface area contributed by atoms with Crippen molar-refractivity contribution in [3.05, 3.63) is 48.1 Å². The van der Waals surface area contributed by atoms with Crippen LogP contribution in [0, 0.1) is 0 Å². The Morgan fingerprint density at radius 1 is 1.11 bits per heavy atom. The predicted molar refractivity (Wildman–Crippen MR) is 70.3 cm³/mol. The number of aromatic nitrogens is 4. The molecule has 0 spiro atoms. The van der Waals surface area contributed by atoms with E-state index in [1.54, 1.807) is 6.33 Å². The summed E-state index contributed by atoms with van der Waals surface area (Å²) < 4.78 is 0. The third kappa shape index (κ3) is 3.09. The van der Waals surface area contributed by atoms with Crippen molar-refractivity contribution in [2.75, 3.05) is 0 Å². The predicted octanol–water partition coefficient (Wildman–Crippen LogP) is 2.74. The highest BCUT2D eigenvalue weighted by Gasteiger charge is 2.10. The Balaban J connectivity index is 2.12. The van der Waals surface area contributed by atoms with Crippen LogP contribution in [-0.2, 0) is 6.42 Å². The van der Waals surface area contributed by atoms with Gasteiger partial charge in [0.15, 0.2) is 0 Å². The van der Waals surface area contributed by atoms with Crippen LogP contribution >= 0.6 is 0 Å². The summed E-state index contributed by atoms with van der Waals surface area (Å²) in [5.74, 6) is 1.65. The molecule has 0 aliphatic rings. The van der Waals surface area contributed by atoms with Crippen LogP contribution in [0.25, 0.3) is 0 Å². The number of hydrogen-bond donors (Lipinski definition) is 0. The summed E-state index contributed by atoms with van der Waals surface area (Å²) in [7, 11) is 0. The maximum Gasteiger partial charge on any atom is 0.129 e. The van der Waals surface area contributed by atoms with E-state index in [1.165, 1.54) is 0 Å². The van der Waals surface area contributed by atoms with Crippen LogP contribution in [0.3, 0.4) is 0 Å². The fourth-order valence-electron chi connectivity index (χ4n) is 1.79. The Hall–Kier alpha value is -1.84. The molecule has 2 aromatic heterocycles. The number of rotatable bonds is 4. The van der Waals surface area contributed by atoms with Crippen LogP contribution in [-0.4, -0.2) is 19.9 Å². The van der Waals surface area contributed by atoms with E-state index in [2.05, 4.69) is 40.7 Å². The number of hydrogen-bond acceptors (Lipinski definition) is 4. The molecular weight excluding hydrogens is 224 g/mol. The van der Waals surface area contributed by atoms with Crippen LogP contribution < -0.4 is 0 Å². The van der Waals surface area contributed by atoms with Gasteiger partial charge in [0.05, 0.1) is 0 Å². The summed E-state index contributed by atoms with van der Waals surface area (Å²) in [6.45, 7) is 6.42. The van der Waals surface area contributed by atoms with Crippen molar-refractivity contribution < 1.29 is 0 Å². The quantitative estimate of drug-likeness (QED) is 0.827. The first kappa shape index (κ1) is 12.6. The van der Waals surface area contributed by atoms with Crippen molar-refractivity contribution in [1.82, 2.24) is 19.9 Å². The van der Waals surface area contributed by atoms with Gasteiger partial charge < -0.3 is 0 Å². The van der Waals surface area contributed by atoms with Gasteiger partial charge in [-0.3, -0.25) is 0 Å². The Morgan fingerprint density at radius 3 is 2.50 bits per heavy atom. The molecule has 0 saturated heterocycles. The smallest absolute Gasteiger partial charge is 0.129 e. The van der Waals surface area contributed by atoms with Crippen LogP contribution in [0.1, 0.15) is 49.7 Å². The molecule has 0 N–H and O–H groups in total. The number of nitrogens with zero attached hydrogens (tertiary/aromatic N) is 4. The zero-order valence-electron chi connectivity index (χ0n) is 11.0. The highest BCUT2D eigenvalue weighted by atomic mass is 14.9. The fraction of sp³-hybridized carbons (Fsp3) is 0.429. The second-order valence-corrected chi connectivity index (χ2v) is 4.83. The molecule has 0 fully saturated rings. The molecule has 4 heteroatoms. The van der Waals surface area contributed by atoms with Gasteiger partial charge in [-0.1, -0.05) is 20.8 Å². The summed E-state index contributed by atoms with van der Waals surface area (Å²) in [6, 6.07) is 1.98. The maximum absolute atomic E-state index is 4.59. The molecule has 0 amide bonds. The molecule has 94 valence electrons. The lowest BCUT2D eigenvalue weighted by molar-refractivity contribution is 0.693. The molecule has 1 atom stereocenters. The first-order valence-electron chi connectivity index (χ1n) is 6.23. The van der Waals surface area contributed by atoms with Gasteiger partial charge in [-0.25, -0.2) is 19.9 Å². The van der Waals surface area contributed by atoms with Gasteiger partial charge in [0.1, 0.15) is 12.2 Å². The molecule has 0 aliphatic heterocycles. The largest absolute Gasteiger partial charge is 0.245 e. The van der Waals surface area contributed by atoms with E-state index in [0.29, 0.717) is 11.8 Å². The molecule has 0 aromatic carbocycles. The molecular formula is C14H18N4. The molecule has 4 nitrogen and oxygen atoms in total. The van der Waals surface area contributed by atoms with E-state index in [4.69, 9.17) is 0 Å². The van der Waals surface area contributed by atoms with Crippen LogP contribution in [0.5, 0.6) is 0 Å². The molecule has 0 radical (unpaired) electrons. The molecule has 2 heterocycles. The van der Waals surface area contributed by atoms with Gasteiger partial charge in [0.2, 0.25) is 0 Å². The summed E-state index contributed by atoms with van der Waals surface area (Å²) >= 11 is 0. The summed E-state index contributed by atoms with van der Waals surface area (Å²) in [5.41, 5.74) is 2.22. The van der Waals surface area contributed by atoms with Crippen molar-refractivity contribution in [3.8, 4) is 0 Å². The first-order chi connectivity index (χ1) is 8.66. The van der Waals surface area contributed by atoms with Gasteiger partial charge in [-0.15, -0.1) is 0 Å². The minimum atomic E-state index is 0.327. The zero-order chi connectivity index (χ0) is 13.0. The first-order valence-corrected chi connectivity index (χ1v) is 6.23. The molecule has 2 rings (SSSR count). The third-order valence-corrected chi connectivity index (χ3v) is 2.96. The molecule has 18 heavy (non-hydrogen) atoms. The zero-order valence-corrected chi connectivity index (χ0v) is 11.0. The second kappa shape index (κ2) is 5.67. The summed E-state index contributed by atoms with van der Waals surface area (Å²) in [6.07, 6.45) is 7.90. The Kier molecular flexibility index (Phi) is 3.97. The standard InChI is InChI=1S/C14H18N4/c1-10(2)13-4-5-17-14(18-13)6-11(3)12-7-15-9-16-8-12/h4-5,7-11H,6H2,1-3H3. The van der Waals surface area contributed by atoms with Crippen molar-refractivity contribution in [2.24, 2.45) is 0 Å². The van der Waals surface area contributed by atoms with E-state index >= 15 is 0 Å². The lowest BCUT2D eigenvalue weighted by atomic mass is 10.0. The van der Waals surface area contributed by atoms with E-state index in [9.17, 15) is 0 Å². The van der Waals surface area contributed by atoms with Crippen molar-refractivity contribution in [1.29, 1.82) is 0 Å². The highest BCUT2D eigenvalue weighted by molar-refractivity contribution is 5.13. The molecule has 0 aliphatic carbocycles. The van der Waals surface area contributed by atoms with Gasteiger partial charge in [0.25, 0.3) is 0 Å². The van der Waals surface area contributed by atoms with Gasteiger partial charge in [0, 0.05) is 30.7 Å². The topological polar surface area (TPSA) is 51.6 Å². The summed E-state index contributed by atoms with van der Waals surface area (Å²) in [4.78, 5) is 17.0. The molecule has 0 saturated carbocycles. The van der Waals surface area contributed by atoms with Crippen molar-refractivity contribution >= 4 is 0 Å². The Labute approximate surface area is 108 Å². The van der Waals surface area contributed by atoms with Crippen LogP contribution in [0.2, 0.25) is 0 Å². The van der Waals surface area contributed by atoms with E-state index in [-0.39, 0.29) is 0 Å². The SMILES string of the molecule is CC(C)c1ccnc(CC(C)c2cncnc2)n1. The van der Waals surface area contributed by atoms with E-state index < -0.39 is 0 Å². The monoisotopic (exact) mass is 242 g/mol. The highest BCUT2D eigenvalue weighted by Crippen LogP contribution is 2.18. The van der Waals surface area contributed by atoms with Gasteiger partial charge in [-0.2, -0.15) is 0 Å². The van der Waals surface area contributed by atoms with Crippen LogP contribution in [0.15, 0.2) is 31.0 Å². The van der Waals surface area contributed by atoms with Crippen LogP contribution in [0.4, 0.5) is 0 Å². The lowest BCUT2D eigenvalue weighted by Crippen LogP contribution is -2.05. The van der Waals surface area contributed by atoms with Crippen molar-refractivity contribution in [3.63, 3.8) is 0 Å². The molecule has 1 unspecified atom stereocenters. The second-order valence-electron chi connectivity index (χ2n) is 4.83. The lowest BCUT2D eigenvalue weighted by Gasteiger charge is -2.11. The minimum Gasteiger partial charge on any atom is -0.245 e. The Morgan fingerprint density at radius 2 is 1.83 bits per heavy atom. The molecule has 0 bridgehead atoms. The Bertz CT molecular complexity index is 496. The average molecular weight is 242 g/mol. The van der Waals surface area contributed by atoms with Gasteiger partial charge in [-0.05, 0) is 23.5 Å². The van der Waals surface area contributed by atoms with Crippen molar-refractivity contribution in [2.45, 2.75) is 39.0 Å². The van der Waals surface area contributed by atoms with E-state index in [0.717, 1.165) is 23.5 Å². The minimum absolute atomic E-state index is 0.327. The average Bonchev–Trinajstić information content (AvgIpc) is 2.40. The van der Waals surface area contributed by atoms with E-state index in [1.807, 2.05) is 24.7 Å². The summed E-state index contributed by atoms with van der Waals surface area (Å²) in [5, 5.41) is 0. The maximum atomic E-state index is 4.59. The molecule has 2 aromatic rings. The third-order valence-electron chi connectivity index (χ3n) is 2.96. The normalized spacial score (nSPS) is 12.7. The van der Waals surface area contributed by atoms with Gasteiger partial charge >= 0.3 is 0 Å².